The molecule has 0 aromatic rings. The van der Waals surface area contributed by atoms with Crippen molar-refractivity contribution >= 4 is 11.6 Å². The number of fused-ring (bicyclic) bond motifs is 1. The Hall–Kier alpha value is 0.290. The van der Waals surface area contributed by atoms with Gasteiger partial charge in [-0.2, -0.15) is 0 Å². The molecule has 0 nitrogen and oxygen atoms in total. The molecule has 0 aromatic heterocycles. The second-order valence-electron chi connectivity index (χ2n) is 3.13. The number of hydrogen-bond acceptors (Lipinski definition) is 0. The maximum Gasteiger partial charge on any atom is 0.0509 e. The summed E-state index contributed by atoms with van der Waals surface area (Å²) in [5, 5.41) is 0. The number of alkyl halides is 1. The van der Waals surface area contributed by atoms with Gasteiger partial charge in [0, 0.05) is 0 Å². The van der Waals surface area contributed by atoms with E-state index >= 15 is 0 Å². The van der Waals surface area contributed by atoms with E-state index in [1.165, 1.54) is 19.3 Å². The lowest BCUT2D eigenvalue weighted by molar-refractivity contribution is 0.591. The zero-order valence-corrected chi connectivity index (χ0v) is 5.91. The summed E-state index contributed by atoms with van der Waals surface area (Å²) in [6.45, 7) is 2.21. The zero-order chi connectivity index (χ0) is 5.78. The van der Waals surface area contributed by atoms with E-state index in [9.17, 15) is 0 Å². The van der Waals surface area contributed by atoms with Crippen LogP contribution in [0.5, 0.6) is 0 Å². The summed E-state index contributed by atoms with van der Waals surface area (Å²) in [5.41, 5.74) is 0. The second kappa shape index (κ2) is 1.23. The van der Waals surface area contributed by atoms with E-state index in [-0.39, 0.29) is 0 Å². The highest BCUT2D eigenvalue weighted by Crippen LogP contribution is 2.76. The summed E-state index contributed by atoms with van der Waals surface area (Å²) in [4.78, 5) is 0.328. The Morgan fingerprint density at radius 1 is 1.62 bits per heavy atom. The van der Waals surface area contributed by atoms with Crippen LogP contribution in [0.1, 0.15) is 26.2 Å². The molecule has 2 fully saturated rings. The monoisotopic (exact) mass is 130 g/mol. The van der Waals surface area contributed by atoms with Gasteiger partial charge in [0.2, 0.25) is 0 Å². The fourth-order valence-corrected chi connectivity index (χ4v) is 2.35. The minimum absolute atomic E-state index is 0.328. The molecule has 46 valence electrons. The number of rotatable bonds is 2. The van der Waals surface area contributed by atoms with E-state index in [0.29, 0.717) is 4.87 Å². The molecule has 2 saturated carbocycles. The highest BCUT2D eigenvalue weighted by atomic mass is 35.5. The molecule has 0 aliphatic heterocycles. The van der Waals surface area contributed by atoms with Crippen molar-refractivity contribution in [3.8, 4) is 0 Å². The van der Waals surface area contributed by atoms with E-state index in [0.717, 1.165) is 11.8 Å². The van der Waals surface area contributed by atoms with Crippen molar-refractivity contribution in [3.05, 3.63) is 0 Å². The van der Waals surface area contributed by atoms with Crippen LogP contribution in [-0.2, 0) is 0 Å². The molecule has 8 heavy (non-hydrogen) atoms. The zero-order valence-electron chi connectivity index (χ0n) is 5.15. The maximum atomic E-state index is 6.14. The number of hydrogen-bond donors (Lipinski definition) is 0. The highest BCUT2D eigenvalue weighted by molar-refractivity contribution is 6.27. The Balaban J connectivity index is 1.89. The van der Waals surface area contributed by atoms with Gasteiger partial charge in [-0.15, -0.1) is 11.6 Å². The third kappa shape index (κ3) is 0.428. The molecule has 0 spiro atoms. The molecular weight excluding hydrogens is 120 g/mol. The van der Waals surface area contributed by atoms with Gasteiger partial charge in [0.25, 0.3) is 0 Å². The SMILES string of the molecule is CCCC1(Cl)C2CC21. The standard InChI is InChI=1S/C7H11Cl/c1-2-3-7(8)5-4-6(5)7/h5-6H,2-4H2,1H3. The molecule has 1 heteroatoms. The Morgan fingerprint density at radius 3 is 2.38 bits per heavy atom. The van der Waals surface area contributed by atoms with Crippen molar-refractivity contribution in [1.29, 1.82) is 0 Å². The average Bonchev–Trinajstić information content (AvgIpc) is 2.50. The molecule has 2 rings (SSSR count). The predicted octanol–water partition coefficient (Wildman–Crippen LogP) is 2.41. The molecule has 0 bridgehead atoms. The first-order valence-corrected chi connectivity index (χ1v) is 3.85. The molecule has 0 radical (unpaired) electrons. The third-order valence-electron chi connectivity index (χ3n) is 2.55. The molecule has 0 heterocycles. The molecular formula is C7H11Cl. The smallest absolute Gasteiger partial charge is 0.0509 e. The van der Waals surface area contributed by atoms with Crippen molar-refractivity contribution in [2.75, 3.05) is 0 Å². The summed E-state index contributed by atoms with van der Waals surface area (Å²) >= 11 is 6.14. The first kappa shape index (κ1) is 5.10. The van der Waals surface area contributed by atoms with Gasteiger partial charge in [-0.25, -0.2) is 0 Å². The lowest BCUT2D eigenvalue weighted by Crippen LogP contribution is -2.08. The van der Waals surface area contributed by atoms with Crippen LogP contribution in [-0.4, -0.2) is 4.87 Å². The summed E-state index contributed by atoms with van der Waals surface area (Å²) in [6.07, 6.45) is 3.95. The van der Waals surface area contributed by atoms with Crippen molar-refractivity contribution in [1.82, 2.24) is 0 Å². The summed E-state index contributed by atoms with van der Waals surface area (Å²) in [6, 6.07) is 0. The fourth-order valence-electron chi connectivity index (χ4n) is 1.75. The van der Waals surface area contributed by atoms with Crippen LogP contribution in [0.3, 0.4) is 0 Å². The normalized spacial score (nSPS) is 57.8. The van der Waals surface area contributed by atoms with Gasteiger partial charge in [-0.1, -0.05) is 13.3 Å². The average molecular weight is 131 g/mol. The molecule has 2 unspecified atom stereocenters. The van der Waals surface area contributed by atoms with Crippen molar-refractivity contribution < 1.29 is 0 Å². The van der Waals surface area contributed by atoms with E-state index in [1.54, 1.807) is 0 Å². The Bertz CT molecular complexity index is 112. The second-order valence-corrected chi connectivity index (χ2v) is 3.83. The van der Waals surface area contributed by atoms with E-state index in [4.69, 9.17) is 11.6 Å². The Morgan fingerprint density at radius 2 is 2.25 bits per heavy atom. The van der Waals surface area contributed by atoms with Crippen LogP contribution in [0.2, 0.25) is 0 Å². The third-order valence-corrected chi connectivity index (χ3v) is 3.30. The molecule has 0 N–H and O–H groups in total. The summed E-state index contributed by atoms with van der Waals surface area (Å²) < 4.78 is 0. The van der Waals surface area contributed by atoms with Crippen molar-refractivity contribution in [2.24, 2.45) is 11.8 Å². The minimum atomic E-state index is 0.328. The topological polar surface area (TPSA) is 0 Å². The quantitative estimate of drug-likeness (QED) is 0.504. The van der Waals surface area contributed by atoms with Crippen LogP contribution in [0.25, 0.3) is 0 Å². The maximum absolute atomic E-state index is 6.14. The molecule has 2 atom stereocenters. The lowest BCUT2D eigenvalue weighted by Gasteiger charge is -2.10. The first-order valence-electron chi connectivity index (χ1n) is 3.48. The minimum Gasteiger partial charge on any atom is -0.119 e. The van der Waals surface area contributed by atoms with Crippen molar-refractivity contribution in [2.45, 2.75) is 31.1 Å². The van der Waals surface area contributed by atoms with Gasteiger partial charge in [-0.05, 0) is 24.7 Å². The van der Waals surface area contributed by atoms with Crippen molar-refractivity contribution in [3.63, 3.8) is 0 Å². The predicted molar refractivity (Wildman–Crippen MR) is 35.1 cm³/mol. The van der Waals surface area contributed by atoms with Crippen LogP contribution < -0.4 is 0 Å². The molecule has 2 aliphatic rings. The molecule has 0 amide bonds. The van der Waals surface area contributed by atoms with Gasteiger partial charge in [-0.3, -0.25) is 0 Å². The largest absolute Gasteiger partial charge is 0.119 e. The molecule has 0 aromatic carbocycles. The lowest BCUT2D eigenvalue weighted by atomic mass is 10.1. The van der Waals surface area contributed by atoms with Gasteiger partial charge in [0.15, 0.2) is 0 Å². The number of halogens is 1. The summed E-state index contributed by atoms with van der Waals surface area (Å²) in [5.74, 6) is 1.90. The van der Waals surface area contributed by atoms with Gasteiger partial charge in [0.1, 0.15) is 0 Å². The van der Waals surface area contributed by atoms with Gasteiger partial charge < -0.3 is 0 Å². The first-order chi connectivity index (χ1) is 3.79. The highest BCUT2D eigenvalue weighted by Gasteiger charge is 2.74. The van der Waals surface area contributed by atoms with Crippen LogP contribution in [0, 0.1) is 11.8 Å². The summed E-state index contributed by atoms with van der Waals surface area (Å²) in [7, 11) is 0. The Labute approximate surface area is 55.2 Å². The van der Waals surface area contributed by atoms with Crippen LogP contribution in [0.4, 0.5) is 0 Å². The van der Waals surface area contributed by atoms with Gasteiger partial charge in [0.05, 0.1) is 4.87 Å². The Kier molecular flexibility index (Phi) is 0.787. The molecule has 0 saturated heterocycles. The van der Waals surface area contributed by atoms with Crippen LogP contribution in [0.15, 0.2) is 0 Å². The van der Waals surface area contributed by atoms with E-state index in [2.05, 4.69) is 6.92 Å². The molecule has 2 aliphatic carbocycles. The van der Waals surface area contributed by atoms with Gasteiger partial charge >= 0.3 is 0 Å². The van der Waals surface area contributed by atoms with E-state index < -0.39 is 0 Å². The fraction of sp³-hybridized carbons (Fsp3) is 1.00. The van der Waals surface area contributed by atoms with E-state index in [1.807, 2.05) is 0 Å². The van der Waals surface area contributed by atoms with Crippen LogP contribution >= 0.6 is 11.6 Å².